The largest absolute Gasteiger partial charge is 0.493 e. The molecule has 1 atom stereocenters. The Morgan fingerprint density at radius 1 is 1.04 bits per heavy atom. The minimum Gasteiger partial charge on any atom is -0.493 e. The predicted molar refractivity (Wildman–Crippen MR) is 91.5 cm³/mol. The molecule has 0 aromatic heterocycles. The van der Waals surface area contributed by atoms with Gasteiger partial charge in [-0.05, 0) is 48.2 Å². The first-order valence-electron chi connectivity index (χ1n) is 8.12. The second-order valence-electron chi connectivity index (χ2n) is 6.05. The summed E-state index contributed by atoms with van der Waals surface area (Å²) in [5, 5.41) is 13.3. The van der Waals surface area contributed by atoms with Crippen LogP contribution < -0.4 is 18.9 Å². The van der Waals surface area contributed by atoms with E-state index in [-0.39, 0.29) is 12.7 Å². The molecule has 1 aliphatic carbocycles. The van der Waals surface area contributed by atoms with E-state index in [0.29, 0.717) is 23.0 Å². The fourth-order valence-electron chi connectivity index (χ4n) is 3.57. The van der Waals surface area contributed by atoms with Crippen molar-refractivity contribution < 1.29 is 24.2 Å². The fourth-order valence-corrected chi connectivity index (χ4v) is 3.57. The van der Waals surface area contributed by atoms with Gasteiger partial charge in [0.1, 0.15) is 0 Å². The van der Waals surface area contributed by atoms with E-state index in [1.165, 1.54) is 0 Å². The molecule has 4 rings (SSSR count). The lowest BCUT2D eigenvalue weighted by molar-refractivity contribution is 0.174. The third-order valence-corrected chi connectivity index (χ3v) is 4.82. The second-order valence-corrected chi connectivity index (χ2v) is 6.05. The van der Waals surface area contributed by atoms with Crippen LogP contribution in [0.15, 0.2) is 35.5 Å². The van der Waals surface area contributed by atoms with Gasteiger partial charge in [-0.25, -0.2) is 0 Å². The first-order valence-corrected chi connectivity index (χ1v) is 8.12. The van der Waals surface area contributed by atoms with Crippen molar-refractivity contribution in [1.82, 2.24) is 0 Å². The van der Waals surface area contributed by atoms with Gasteiger partial charge in [0.05, 0.1) is 19.9 Å². The molecule has 0 saturated heterocycles. The van der Waals surface area contributed by atoms with Gasteiger partial charge in [0, 0.05) is 11.5 Å². The van der Waals surface area contributed by atoms with Gasteiger partial charge in [-0.1, -0.05) is 11.2 Å². The van der Waals surface area contributed by atoms with Gasteiger partial charge < -0.3 is 24.2 Å². The molecule has 1 N–H and O–H groups in total. The standard InChI is InChI=1S/C19H19NO5/c1-22-15-6-4-11(7-16(15)23-2)13-5-3-12-8-17-18(25-10-24-17)9-14(12)19(13)20-21/h4,6-9,13,21H,3,5,10H2,1-2H3/b20-19-/t13-/m1/s1. The van der Waals surface area contributed by atoms with E-state index in [1.807, 2.05) is 30.3 Å². The van der Waals surface area contributed by atoms with Crippen LogP contribution in [0.5, 0.6) is 23.0 Å². The highest BCUT2D eigenvalue weighted by Crippen LogP contribution is 2.42. The fraction of sp³-hybridized carbons (Fsp3) is 0.316. The number of methoxy groups -OCH3 is 2. The van der Waals surface area contributed by atoms with E-state index in [4.69, 9.17) is 18.9 Å². The number of fused-ring (bicyclic) bond motifs is 2. The molecule has 1 heterocycles. The molecule has 2 aliphatic rings. The van der Waals surface area contributed by atoms with Crippen LogP contribution in [0.3, 0.4) is 0 Å². The minimum atomic E-state index is -0.0299. The second kappa shape index (κ2) is 6.20. The van der Waals surface area contributed by atoms with Gasteiger partial charge in [0.25, 0.3) is 0 Å². The Bertz CT molecular complexity index is 846. The van der Waals surface area contributed by atoms with E-state index in [0.717, 1.165) is 35.3 Å². The Labute approximate surface area is 145 Å². The smallest absolute Gasteiger partial charge is 0.231 e. The molecule has 6 heteroatoms. The van der Waals surface area contributed by atoms with Crippen LogP contribution in [-0.4, -0.2) is 31.9 Å². The molecule has 1 aliphatic heterocycles. The maximum absolute atomic E-state index is 9.71. The van der Waals surface area contributed by atoms with Crippen molar-refractivity contribution in [3.63, 3.8) is 0 Å². The molecule has 0 bridgehead atoms. The third kappa shape index (κ3) is 2.54. The van der Waals surface area contributed by atoms with Crippen LogP contribution in [0.1, 0.15) is 29.0 Å². The summed E-state index contributed by atoms with van der Waals surface area (Å²) in [4.78, 5) is 0. The molecule has 2 aromatic rings. The minimum absolute atomic E-state index is 0.0299. The highest BCUT2D eigenvalue weighted by Gasteiger charge is 2.30. The summed E-state index contributed by atoms with van der Waals surface area (Å²) in [7, 11) is 3.22. The van der Waals surface area contributed by atoms with Crippen molar-refractivity contribution in [3.8, 4) is 23.0 Å². The topological polar surface area (TPSA) is 69.5 Å². The quantitative estimate of drug-likeness (QED) is 0.685. The first-order chi connectivity index (χ1) is 12.2. The van der Waals surface area contributed by atoms with Crippen molar-refractivity contribution in [2.24, 2.45) is 5.16 Å². The van der Waals surface area contributed by atoms with Crippen molar-refractivity contribution in [1.29, 1.82) is 0 Å². The Morgan fingerprint density at radius 2 is 1.80 bits per heavy atom. The molecule has 2 aromatic carbocycles. The normalized spacial score (nSPS) is 19.6. The maximum atomic E-state index is 9.71. The Hall–Kier alpha value is -2.89. The van der Waals surface area contributed by atoms with Gasteiger partial charge in [-0.2, -0.15) is 0 Å². The van der Waals surface area contributed by atoms with Gasteiger partial charge in [-0.3, -0.25) is 0 Å². The van der Waals surface area contributed by atoms with E-state index in [9.17, 15) is 5.21 Å². The van der Waals surface area contributed by atoms with Crippen LogP contribution in [0.2, 0.25) is 0 Å². The Kier molecular flexibility index (Phi) is 3.87. The lowest BCUT2D eigenvalue weighted by Crippen LogP contribution is -2.22. The van der Waals surface area contributed by atoms with E-state index >= 15 is 0 Å². The number of benzene rings is 2. The van der Waals surface area contributed by atoms with Gasteiger partial charge in [0.2, 0.25) is 6.79 Å². The van der Waals surface area contributed by atoms with Crippen molar-refractivity contribution in [3.05, 3.63) is 47.0 Å². The van der Waals surface area contributed by atoms with Gasteiger partial charge >= 0.3 is 0 Å². The molecule has 0 amide bonds. The molecule has 25 heavy (non-hydrogen) atoms. The van der Waals surface area contributed by atoms with Gasteiger partial charge in [0.15, 0.2) is 23.0 Å². The lowest BCUT2D eigenvalue weighted by atomic mass is 9.78. The van der Waals surface area contributed by atoms with Crippen LogP contribution in [0, 0.1) is 0 Å². The van der Waals surface area contributed by atoms with Gasteiger partial charge in [-0.15, -0.1) is 0 Å². The highest BCUT2D eigenvalue weighted by atomic mass is 16.7. The van der Waals surface area contributed by atoms with Crippen molar-refractivity contribution >= 4 is 5.71 Å². The third-order valence-electron chi connectivity index (χ3n) is 4.82. The zero-order valence-corrected chi connectivity index (χ0v) is 14.1. The molecule has 6 nitrogen and oxygen atoms in total. The molecule has 0 spiro atoms. The summed E-state index contributed by atoms with van der Waals surface area (Å²) in [6.07, 6.45) is 1.70. The van der Waals surface area contributed by atoms with Crippen LogP contribution in [-0.2, 0) is 6.42 Å². The monoisotopic (exact) mass is 341 g/mol. The van der Waals surface area contributed by atoms with Crippen molar-refractivity contribution in [2.75, 3.05) is 21.0 Å². The number of rotatable bonds is 3. The van der Waals surface area contributed by atoms with Crippen LogP contribution >= 0.6 is 0 Å². The van der Waals surface area contributed by atoms with E-state index in [2.05, 4.69) is 5.16 Å². The number of hydrogen-bond donors (Lipinski definition) is 1. The molecule has 0 fully saturated rings. The Balaban J connectivity index is 1.75. The zero-order valence-electron chi connectivity index (χ0n) is 14.1. The van der Waals surface area contributed by atoms with E-state index in [1.54, 1.807) is 14.2 Å². The molecular formula is C19H19NO5. The molecular weight excluding hydrogens is 322 g/mol. The van der Waals surface area contributed by atoms with Crippen molar-refractivity contribution in [2.45, 2.75) is 18.8 Å². The number of ether oxygens (including phenoxy) is 4. The summed E-state index contributed by atoms with van der Waals surface area (Å²) in [5.74, 6) is 2.74. The number of nitrogens with zero attached hydrogens (tertiary/aromatic N) is 1. The summed E-state index contributed by atoms with van der Waals surface area (Å²) in [6, 6.07) is 9.67. The van der Waals surface area contributed by atoms with E-state index < -0.39 is 0 Å². The summed E-state index contributed by atoms with van der Waals surface area (Å²) < 4.78 is 21.6. The Morgan fingerprint density at radius 3 is 2.52 bits per heavy atom. The average Bonchev–Trinajstić information content (AvgIpc) is 3.12. The molecule has 0 radical (unpaired) electrons. The maximum Gasteiger partial charge on any atom is 0.231 e. The summed E-state index contributed by atoms with van der Waals surface area (Å²) >= 11 is 0. The van der Waals surface area contributed by atoms with Crippen LogP contribution in [0.25, 0.3) is 0 Å². The average molecular weight is 341 g/mol. The summed E-state index contributed by atoms with van der Waals surface area (Å²) in [5.41, 5.74) is 3.66. The predicted octanol–water partition coefficient (Wildman–Crippen LogP) is 3.34. The highest BCUT2D eigenvalue weighted by molar-refractivity contribution is 6.07. The molecule has 0 unspecified atom stereocenters. The SMILES string of the molecule is COc1ccc([C@H]2CCc3cc4c(cc3/C2=N\O)OCO4)cc1OC. The zero-order chi connectivity index (χ0) is 17.4. The first kappa shape index (κ1) is 15.6. The summed E-state index contributed by atoms with van der Waals surface area (Å²) in [6.45, 7) is 0.225. The lowest BCUT2D eigenvalue weighted by Gasteiger charge is -2.26. The molecule has 0 saturated carbocycles. The number of aryl methyl sites for hydroxylation is 1. The molecule has 130 valence electrons. The number of oxime groups is 1. The van der Waals surface area contributed by atoms with Crippen LogP contribution in [0.4, 0.5) is 0 Å². The number of hydrogen-bond acceptors (Lipinski definition) is 6.